The Labute approximate surface area is 148 Å². The molecule has 0 aliphatic heterocycles. The van der Waals surface area contributed by atoms with E-state index in [0.717, 1.165) is 17.0 Å². The van der Waals surface area contributed by atoms with Gasteiger partial charge in [0, 0.05) is 12.2 Å². The average Bonchev–Trinajstić information content (AvgIpc) is 2.67. The summed E-state index contributed by atoms with van der Waals surface area (Å²) in [6.45, 7) is 1.26. The second-order valence-corrected chi connectivity index (χ2v) is 5.62. The van der Waals surface area contributed by atoms with Crippen LogP contribution in [-0.2, 0) is 6.54 Å². The predicted octanol–water partition coefficient (Wildman–Crippen LogP) is 4.90. The standard InChI is InChI=1S/C22H22N2O/c1-3-9-19(10-4-1)12-8-16-25-22-15-7-11-20(17-22)18-23-24-21-13-5-2-6-14-21/h1-15,17,23-24H,16,18H2. The van der Waals surface area contributed by atoms with Gasteiger partial charge in [-0.25, -0.2) is 5.43 Å². The summed E-state index contributed by atoms with van der Waals surface area (Å²) in [7, 11) is 0. The van der Waals surface area contributed by atoms with E-state index in [1.165, 1.54) is 5.56 Å². The third-order valence-corrected chi connectivity index (χ3v) is 3.65. The second-order valence-electron chi connectivity index (χ2n) is 5.62. The highest BCUT2D eigenvalue weighted by Crippen LogP contribution is 2.13. The van der Waals surface area contributed by atoms with E-state index in [1.54, 1.807) is 0 Å². The molecule has 3 rings (SSSR count). The van der Waals surface area contributed by atoms with Gasteiger partial charge in [0.2, 0.25) is 0 Å². The van der Waals surface area contributed by atoms with Crippen molar-refractivity contribution in [3.05, 3.63) is 102 Å². The van der Waals surface area contributed by atoms with Crippen LogP contribution >= 0.6 is 0 Å². The van der Waals surface area contributed by atoms with Gasteiger partial charge in [-0.1, -0.05) is 66.7 Å². The van der Waals surface area contributed by atoms with Crippen LogP contribution in [0.4, 0.5) is 5.69 Å². The van der Waals surface area contributed by atoms with Gasteiger partial charge in [0.05, 0.1) is 0 Å². The summed E-state index contributed by atoms with van der Waals surface area (Å²) in [4.78, 5) is 0. The number of nitrogens with one attached hydrogen (secondary N) is 2. The van der Waals surface area contributed by atoms with Crippen LogP contribution in [0.1, 0.15) is 11.1 Å². The number of hydrazine groups is 1. The number of hydrogen-bond donors (Lipinski definition) is 2. The molecule has 126 valence electrons. The fourth-order valence-electron chi connectivity index (χ4n) is 2.41. The number of anilines is 1. The van der Waals surface area contributed by atoms with Gasteiger partial charge in [0.25, 0.3) is 0 Å². The van der Waals surface area contributed by atoms with Crippen LogP contribution in [0.3, 0.4) is 0 Å². The van der Waals surface area contributed by atoms with E-state index in [4.69, 9.17) is 4.74 Å². The maximum absolute atomic E-state index is 5.80. The summed E-state index contributed by atoms with van der Waals surface area (Å²) in [6, 6.07) is 28.4. The minimum Gasteiger partial charge on any atom is -0.490 e. The van der Waals surface area contributed by atoms with E-state index >= 15 is 0 Å². The topological polar surface area (TPSA) is 33.3 Å². The van der Waals surface area contributed by atoms with Gasteiger partial charge < -0.3 is 10.2 Å². The molecule has 3 heteroatoms. The Morgan fingerprint density at radius 2 is 1.56 bits per heavy atom. The summed E-state index contributed by atoms with van der Waals surface area (Å²) in [6.07, 6.45) is 4.09. The van der Waals surface area contributed by atoms with Gasteiger partial charge >= 0.3 is 0 Å². The van der Waals surface area contributed by atoms with Gasteiger partial charge in [0.15, 0.2) is 0 Å². The van der Waals surface area contributed by atoms with E-state index < -0.39 is 0 Å². The molecule has 3 aromatic carbocycles. The van der Waals surface area contributed by atoms with Crippen molar-refractivity contribution in [2.75, 3.05) is 12.0 Å². The second kappa shape index (κ2) is 9.30. The first-order chi connectivity index (χ1) is 12.4. The molecule has 0 bridgehead atoms. The smallest absolute Gasteiger partial charge is 0.120 e. The Bertz CT molecular complexity index is 785. The lowest BCUT2D eigenvalue weighted by atomic mass is 10.2. The van der Waals surface area contributed by atoms with Crippen molar-refractivity contribution in [3.63, 3.8) is 0 Å². The number of para-hydroxylation sites is 1. The lowest BCUT2D eigenvalue weighted by Crippen LogP contribution is -2.20. The van der Waals surface area contributed by atoms with Gasteiger partial charge in [-0.2, -0.15) is 0 Å². The number of benzene rings is 3. The van der Waals surface area contributed by atoms with Crippen LogP contribution in [0.5, 0.6) is 5.75 Å². The highest BCUT2D eigenvalue weighted by atomic mass is 16.5. The predicted molar refractivity (Wildman–Crippen MR) is 104 cm³/mol. The molecular weight excluding hydrogens is 308 g/mol. The van der Waals surface area contributed by atoms with Crippen molar-refractivity contribution in [3.8, 4) is 5.75 Å². The van der Waals surface area contributed by atoms with E-state index in [0.29, 0.717) is 13.2 Å². The molecule has 0 aromatic heterocycles. The number of rotatable bonds is 8. The third kappa shape index (κ3) is 5.83. The first kappa shape index (κ1) is 16.8. The first-order valence-electron chi connectivity index (χ1n) is 8.37. The summed E-state index contributed by atoms with van der Waals surface area (Å²) in [5.74, 6) is 0.872. The third-order valence-electron chi connectivity index (χ3n) is 3.65. The van der Waals surface area contributed by atoms with Crippen molar-refractivity contribution in [1.29, 1.82) is 0 Å². The van der Waals surface area contributed by atoms with E-state index in [2.05, 4.69) is 41.2 Å². The largest absolute Gasteiger partial charge is 0.490 e. The number of ether oxygens (including phenoxy) is 1. The van der Waals surface area contributed by atoms with Crippen molar-refractivity contribution >= 4 is 11.8 Å². The molecule has 3 nitrogen and oxygen atoms in total. The molecule has 25 heavy (non-hydrogen) atoms. The summed E-state index contributed by atoms with van der Waals surface area (Å²) >= 11 is 0. The molecule has 0 aliphatic rings. The molecule has 0 saturated carbocycles. The van der Waals surface area contributed by atoms with Crippen molar-refractivity contribution in [2.45, 2.75) is 6.54 Å². The highest BCUT2D eigenvalue weighted by Gasteiger charge is 1.97. The van der Waals surface area contributed by atoms with Gasteiger partial charge in [-0.15, -0.1) is 0 Å². The molecule has 0 heterocycles. The lowest BCUT2D eigenvalue weighted by Gasteiger charge is -2.09. The molecule has 0 amide bonds. The summed E-state index contributed by atoms with van der Waals surface area (Å²) < 4.78 is 5.80. The first-order valence-corrected chi connectivity index (χ1v) is 8.37. The van der Waals surface area contributed by atoms with Crippen LogP contribution in [0.15, 0.2) is 91.0 Å². The minimum atomic E-state index is 0.550. The van der Waals surface area contributed by atoms with Crippen LogP contribution in [0, 0.1) is 0 Å². The maximum atomic E-state index is 5.80. The lowest BCUT2D eigenvalue weighted by molar-refractivity contribution is 0.363. The van der Waals surface area contributed by atoms with Crippen LogP contribution in [-0.4, -0.2) is 6.61 Å². The maximum Gasteiger partial charge on any atom is 0.120 e. The van der Waals surface area contributed by atoms with Gasteiger partial charge in [0.1, 0.15) is 12.4 Å². The molecule has 0 unspecified atom stereocenters. The van der Waals surface area contributed by atoms with E-state index in [9.17, 15) is 0 Å². The fraction of sp³-hybridized carbons (Fsp3) is 0.0909. The fourth-order valence-corrected chi connectivity index (χ4v) is 2.41. The Hall–Kier alpha value is -3.04. The quantitative estimate of drug-likeness (QED) is 0.577. The van der Waals surface area contributed by atoms with E-state index in [1.807, 2.05) is 66.7 Å². The molecule has 2 N–H and O–H groups in total. The van der Waals surface area contributed by atoms with Gasteiger partial charge in [-0.3, -0.25) is 0 Å². The molecule has 0 spiro atoms. The molecule has 0 saturated heterocycles. The van der Waals surface area contributed by atoms with Crippen LogP contribution in [0.2, 0.25) is 0 Å². The van der Waals surface area contributed by atoms with Crippen LogP contribution in [0.25, 0.3) is 6.08 Å². The molecule has 3 aromatic rings. The highest BCUT2D eigenvalue weighted by molar-refractivity contribution is 5.48. The molecule has 0 aliphatic carbocycles. The zero-order valence-electron chi connectivity index (χ0n) is 14.1. The van der Waals surface area contributed by atoms with Crippen molar-refractivity contribution in [1.82, 2.24) is 5.43 Å². The van der Waals surface area contributed by atoms with Crippen molar-refractivity contribution < 1.29 is 4.74 Å². The Morgan fingerprint density at radius 1 is 0.800 bits per heavy atom. The zero-order valence-corrected chi connectivity index (χ0v) is 14.1. The normalized spacial score (nSPS) is 10.7. The zero-order chi connectivity index (χ0) is 17.2. The SMILES string of the molecule is C(=Cc1ccccc1)COc1cccc(CNNc2ccccc2)c1. The minimum absolute atomic E-state index is 0.550. The summed E-state index contributed by atoms with van der Waals surface area (Å²) in [5, 5.41) is 0. The molecule has 0 radical (unpaired) electrons. The molecule has 0 atom stereocenters. The Kier molecular flexibility index (Phi) is 6.25. The van der Waals surface area contributed by atoms with Gasteiger partial charge in [-0.05, 0) is 41.5 Å². The molecular formula is C22H22N2O. The number of hydrogen-bond acceptors (Lipinski definition) is 3. The monoisotopic (exact) mass is 330 g/mol. The van der Waals surface area contributed by atoms with E-state index in [-0.39, 0.29) is 0 Å². The molecule has 0 fully saturated rings. The van der Waals surface area contributed by atoms with Crippen LogP contribution < -0.4 is 15.6 Å². The summed E-state index contributed by atoms with van der Waals surface area (Å²) in [5.41, 5.74) is 9.78. The average molecular weight is 330 g/mol. The Balaban J connectivity index is 1.45. The van der Waals surface area contributed by atoms with Crippen molar-refractivity contribution in [2.24, 2.45) is 0 Å². The Morgan fingerprint density at radius 3 is 2.36 bits per heavy atom.